The molecule has 6 heteroatoms. The lowest BCUT2D eigenvalue weighted by Crippen LogP contribution is -2.43. The van der Waals surface area contributed by atoms with Crippen LogP contribution in [0.25, 0.3) is 0 Å². The van der Waals surface area contributed by atoms with Crippen LogP contribution in [-0.2, 0) is 16.0 Å². The highest BCUT2D eigenvalue weighted by atomic mass is 35.5. The Morgan fingerprint density at radius 3 is 2.88 bits per heavy atom. The summed E-state index contributed by atoms with van der Waals surface area (Å²) in [6, 6.07) is 10.5. The molecule has 2 fully saturated rings. The fourth-order valence-electron chi connectivity index (χ4n) is 3.72. The van der Waals surface area contributed by atoms with Gasteiger partial charge in [0.05, 0.1) is 19.1 Å². The SMILES string of the molecule is O=C(Cc1ccsc1)N[C@@H]1C[C@H]2CO[C@@H](c3ccc(Cl)cc3)CN2C1. The van der Waals surface area contributed by atoms with Crippen molar-refractivity contribution in [2.24, 2.45) is 0 Å². The molecule has 0 radical (unpaired) electrons. The topological polar surface area (TPSA) is 41.6 Å². The quantitative estimate of drug-likeness (QED) is 0.890. The van der Waals surface area contributed by atoms with Crippen LogP contribution in [0.2, 0.25) is 5.02 Å². The highest BCUT2D eigenvalue weighted by Crippen LogP contribution is 2.30. The van der Waals surface area contributed by atoms with Crippen molar-refractivity contribution in [3.8, 4) is 0 Å². The normalized spacial score (nSPS) is 26.4. The van der Waals surface area contributed by atoms with Gasteiger partial charge in [0.1, 0.15) is 0 Å². The minimum atomic E-state index is 0.0776. The van der Waals surface area contributed by atoms with Crippen molar-refractivity contribution in [2.75, 3.05) is 19.7 Å². The van der Waals surface area contributed by atoms with Crippen molar-refractivity contribution in [1.82, 2.24) is 10.2 Å². The fraction of sp³-hybridized carbons (Fsp3) is 0.421. The van der Waals surface area contributed by atoms with Gasteiger partial charge in [-0.3, -0.25) is 9.69 Å². The molecule has 3 heterocycles. The second-order valence-corrected chi connectivity index (χ2v) is 8.01. The zero-order chi connectivity index (χ0) is 17.2. The van der Waals surface area contributed by atoms with Gasteiger partial charge in [0.25, 0.3) is 0 Å². The van der Waals surface area contributed by atoms with Crippen LogP contribution in [0.3, 0.4) is 0 Å². The van der Waals surface area contributed by atoms with Crippen molar-refractivity contribution in [3.63, 3.8) is 0 Å². The van der Waals surface area contributed by atoms with E-state index >= 15 is 0 Å². The van der Waals surface area contributed by atoms with Gasteiger partial charge < -0.3 is 10.1 Å². The Kier molecular flexibility index (Phi) is 5.08. The number of hydrogen-bond donors (Lipinski definition) is 1. The third kappa shape index (κ3) is 4.06. The predicted molar refractivity (Wildman–Crippen MR) is 100 cm³/mol. The zero-order valence-corrected chi connectivity index (χ0v) is 15.4. The predicted octanol–water partition coefficient (Wildman–Crippen LogP) is 3.27. The Morgan fingerprint density at radius 1 is 1.28 bits per heavy atom. The van der Waals surface area contributed by atoms with Crippen molar-refractivity contribution in [1.29, 1.82) is 0 Å². The first-order valence-corrected chi connectivity index (χ1v) is 9.91. The molecule has 1 N–H and O–H groups in total. The average molecular weight is 377 g/mol. The molecular formula is C19H21ClN2O2S. The van der Waals surface area contributed by atoms with Crippen molar-refractivity contribution in [2.45, 2.75) is 31.0 Å². The summed E-state index contributed by atoms with van der Waals surface area (Å²) in [5.74, 6) is 0.110. The maximum Gasteiger partial charge on any atom is 0.224 e. The first-order valence-electron chi connectivity index (χ1n) is 8.59. The number of carbonyl (C=O) groups is 1. The maximum absolute atomic E-state index is 12.2. The van der Waals surface area contributed by atoms with E-state index in [9.17, 15) is 4.79 Å². The van der Waals surface area contributed by atoms with Crippen LogP contribution >= 0.6 is 22.9 Å². The van der Waals surface area contributed by atoms with Gasteiger partial charge in [-0.1, -0.05) is 23.7 Å². The highest BCUT2D eigenvalue weighted by molar-refractivity contribution is 7.08. The number of morpholine rings is 1. The van der Waals surface area contributed by atoms with E-state index in [1.54, 1.807) is 11.3 Å². The number of fused-ring (bicyclic) bond motifs is 1. The summed E-state index contributed by atoms with van der Waals surface area (Å²) in [6.07, 6.45) is 1.51. The smallest absolute Gasteiger partial charge is 0.224 e. The van der Waals surface area contributed by atoms with Crippen LogP contribution < -0.4 is 5.32 Å². The van der Waals surface area contributed by atoms with E-state index in [2.05, 4.69) is 10.2 Å². The molecule has 2 aliphatic heterocycles. The molecule has 0 spiro atoms. The van der Waals surface area contributed by atoms with E-state index < -0.39 is 0 Å². The van der Waals surface area contributed by atoms with E-state index in [1.165, 1.54) is 0 Å². The molecule has 0 bridgehead atoms. The first kappa shape index (κ1) is 17.0. The molecule has 0 unspecified atom stereocenters. The standard InChI is InChI=1S/C19H21ClN2O2S/c20-15-3-1-14(2-4-15)18-10-22-9-16(8-17(22)11-24-18)21-19(23)7-13-5-6-25-12-13/h1-6,12,16-18H,7-11H2,(H,21,23)/t16-,17+,18-/m1/s1. The average Bonchev–Trinajstić information content (AvgIpc) is 3.23. The zero-order valence-electron chi connectivity index (χ0n) is 13.9. The lowest BCUT2D eigenvalue weighted by atomic mass is 10.1. The van der Waals surface area contributed by atoms with Crippen LogP contribution in [0.5, 0.6) is 0 Å². The van der Waals surface area contributed by atoms with Gasteiger partial charge in [-0.2, -0.15) is 11.3 Å². The van der Waals surface area contributed by atoms with Gasteiger partial charge in [0, 0.05) is 30.2 Å². The monoisotopic (exact) mass is 376 g/mol. The van der Waals surface area contributed by atoms with E-state index in [4.69, 9.17) is 16.3 Å². The Bertz CT molecular complexity index is 720. The number of benzene rings is 1. The van der Waals surface area contributed by atoms with E-state index in [-0.39, 0.29) is 18.1 Å². The molecule has 25 heavy (non-hydrogen) atoms. The van der Waals surface area contributed by atoms with E-state index in [0.29, 0.717) is 19.1 Å². The van der Waals surface area contributed by atoms with Crippen LogP contribution in [0.4, 0.5) is 0 Å². The summed E-state index contributed by atoms with van der Waals surface area (Å²) in [4.78, 5) is 14.7. The van der Waals surface area contributed by atoms with Gasteiger partial charge in [0.15, 0.2) is 0 Å². The number of nitrogens with zero attached hydrogens (tertiary/aromatic N) is 1. The summed E-state index contributed by atoms with van der Waals surface area (Å²) in [5.41, 5.74) is 2.25. The number of nitrogens with one attached hydrogen (secondary N) is 1. The third-order valence-corrected chi connectivity index (χ3v) is 5.95. The maximum atomic E-state index is 12.2. The Balaban J connectivity index is 1.32. The van der Waals surface area contributed by atoms with Gasteiger partial charge in [-0.25, -0.2) is 0 Å². The van der Waals surface area contributed by atoms with Crippen molar-refractivity contribution in [3.05, 3.63) is 57.2 Å². The number of carbonyl (C=O) groups excluding carboxylic acids is 1. The number of halogens is 1. The van der Waals surface area contributed by atoms with Crippen LogP contribution in [0.1, 0.15) is 23.7 Å². The molecule has 1 aromatic heterocycles. The summed E-state index contributed by atoms with van der Waals surface area (Å²) in [7, 11) is 0. The molecule has 2 saturated heterocycles. The van der Waals surface area contributed by atoms with Crippen LogP contribution in [-0.4, -0.2) is 42.6 Å². The van der Waals surface area contributed by atoms with Crippen molar-refractivity contribution < 1.29 is 9.53 Å². The molecule has 2 aliphatic rings. The van der Waals surface area contributed by atoms with E-state index in [1.807, 2.05) is 41.1 Å². The molecular weight excluding hydrogens is 356 g/mol. The van der Waals surface area contributed by atoms with Gasteiger partial charge in [0.2, 0.25) is 5.91 Å². The second-order valence-electron chi connectivity index (χ2n) is 6.79. The molecule has 4 nitrogen and oxygen atoms in total. The molecule has 3 atom stereocenters. The fourth-order valence-corrected chi connectivity index (χ4v) is 4.51. The summed E-state index contributed by atoms with van der Waals surface area (Å²) in [6.45, 7) is 2.47. The number of amides is 1. The molecule has 0 aliphatic carbocycles. The summed E-state index contributed by atoms with van der Waals surface area (Å²) >= 11 is 7.59. The Hall–Kier alpha value is -1.40. The van der Waals surface area contributed by atoms with Crippen LogP contribution in [0, 0.1) is 0 Å². The van der Waals surface area contributed by atoms with Gasteiger partial charge in [-0.05, 0) is 46.5 Å². The largest absolute Gasteiger partial charge is 0.371 e. The Labute approximate surface area is 156 Å². The number of thiophene rings is 1. The van der Waals surface area contributed by atoms with E-state index in [0.717, 1.165) is 35.7 Å². The minimum Gasteiger partial charge on any atom is -0.371 e. The number of ether oxygens (including phenoxy) is 1. The lowest BCUT2D eigenvalue weighted by Gasteiger charge is -2.35. The third-order valence-electron chi connectivity index (χ3n) is 4.97. The molecule has 132 valence electrons. The second kappa shape index (κ2) is 7.46. The summed E-state index contributed by atoms with van der Waals surface area (Å²) in [5, 5.41) is 7.97. The highest BCUT2D eigenvalue weighted by Gasteiger charge is 2.38. The lowest BCUT2D eigenvalue weighted by molar-refractivity contribution is -0.121. The molecule has 0 saturated carbocycles. The summed E-state index contributed by atoms with van der Waals surface area (Å²) < 4.78 is 6.06. The number of hydrogen-bond acceptors (Lipinski definition) is 4. The minimum absolute atomic E-state index is 0.0776. The molecule has 1 amide bonds. The number of rotatable bonds is 4. The Morgan fingerprint density at radius 2 is 2.12 bits per heavy atom. The van der Waals surface area contributed by atoms with Gasteiger partial charge in [-0.15, -0.1) is 0 Å². The molecule has 2 aromatic rings. The first-order chi connectivity index (χ1) is 12.2. The molecule has 4 rings (SSSR count). The molecule has 1 aromatic carbocycles. The van der Waals surface area contributed by atoms with Crippen LogP contribution in [0.15, 0.2) is 41.1 Å². The van der Waals surface area contributed by atoms with Gasteiger partial charge >= 0.3 is 0 Å². The van der Waals surface area contributed by atoms with Crippen molar-refractivity contribution >= 4 is 28.8 Å².